The number of rotatable bonds is 0. The van der Waals surface area contributed by atoms with Gasteiger partial charge < -0.3 is 0 Å². The lowest BCUT2D eigenvalue weighted by molar-refractivity contribution is 0.564. The molecule has 2 aromatic rings. The van der Waals surface area contributed by atoms with Crippen molar-refractivity contribution in [1.82, 2.24) is 9.97 Å². The van der Waals surface area contributed by atoms with Crippen LogP contribution in [0.4, 0.5) is 0 Å². The Morgan fingerprint density at radius 2 is 1.53 bits per heavy atom. The largest absolute Gasteiger partial charge is 0.248 e. The van der Waals surface area contributed by atoms with Crippen LogP contribution in [0.5, 0.6) is 0 Å². The summed E-state index contributed by atoms with van der Waals surface area (Å²) in [6.45, 7) is 6.41. The molecule has 78 valence electrons. The van der Waals surface area contributed by atoms with E-state index in [1.54, 1.807) is 0 Å². The van der Waals surface area contributed by atoms with Crippen LogP contribution in [0.2, 0.25) is 0 Å². The van der Waals surface area contributed by atoms with Gasteiger partial charge in [-0.25, -0.2) is 9.97 Å². The standard InChI is InChI=1S/C12H13BrN2/c1-12(2,3)10-11(13)15-9-7-5-4-6-8(9)14-10/h4-7H,1-3H3. The maximum absolute atomic E-state index is 4.64. The smallest absolute Gasteiger partial charge is 0.128 e. The number of benzene rings is 1. The Hall–Kier alpha value is -0.960. The normalized spacial score (nSPS) is 12.0. The van der Waals surface area contributed by atoms with E-state index in [4.69, 9.17) is 0 Å². The van der Waals surface area contributed by atoms with Crippen molar-refractivity contribution in [2.24, 2.45) is 0 Å². The summed E-state index contributed by atoms with van der Waals surface area (Å²) in [5.74, 6) is 0. The van der Waals surface area contributed by atoms with Gasteiger partial charge in [-0.2, -0.15) is 0 Å². The zero-order valence-corrected chi connectivity index (χ0v) is 10.7. The van der Waals surface area contributed by atoms with Crippen LogP contribution in [0.1, 0.15) is 26.5 Å². The fourth-order valence-electron chi connectivity index (χ4n) is 1.46. The van der Waals surface area contributed by atoms with E-state index in [0.29, 0.717) is 0 Å². The molecule has 3 heteroatoms. The van der Waals surface area contributed by atoms with Gasteiger partial charge in [0.15, 0.2) is 0 Å². The van der Waals surface area contributed by atoms with Crippen LogP contribution in [-0.4, -0.2) is 9.97 Å². The van der Waals surface area contributed by atoms with Crippen molar-refractivity contribution >= 4 is 27.0 Å². The molecule has 0 saturated carbocycles. The highest BCUT2D eigenvalue weighted by Gasteiger charge is 2.20. The maximum atomic E-state index is 4.64. The van der Waals surface area contributed by atoms with Gasteiger partial charge in [-0.15, -0.1) is 0 Å². The topological polar surface area (TPSA) is 25.8 Å². The number of aromatic nitrogens is 2. The highest BCUT2D eigenvalue weighted by Crippen LogP contribution is 2.28. The van der Waals surface area contributed by atoms with E-state index in [0.717, 1.165) is 21.3 Å². The second kappa shape index (κ2) is 3.56. The number of para-hydroxylation sites is 2. The molecule has 0 amide bonds. The number of hydrogen-bond acceptors (Lipinski definition) is 2. The lowest BCUT2D eigenvalue weighted by atomic mass is 9.92. The van der Waals surface area contributed by atoms with E-state index in [1.165, 1.54) is 0 Å². The lowest BCUT2D eigenvalue weighted by Crippen LogP contribution is -2.15. The minimum Gasteiger partial charge on any atom is -0.248 e. The highest BCUT2D eigenvalue weighted by atomic mass is 79.9. The van der Waals surface area contributed by atoms with Crippen LogP contribution in [0.3, 0.4) is 0 Å². The van der Waals surface area contributed by atoms with E-state index in [-0.39, 0.29) is 5.41 Å². The van der Waals surface area contributed by atoms with Crippen molar-refractivity contribution in [2.45, 2.75) is 26.2 Å². The van der Waals surface area contributed by atoms with Crippen molar-refractivity contribution in [3.63, 3.8) is 0 Å². The molecule has 2 nitrogen and oxygen atoms in total. The average molecular weight is 265 g/mol. The molecule has 2 rings (SSSR count). The first-order valence-electron chi connectivity index (χ1n) is 4.91. The quantitative estimate of drug-likeness (QED) is 0.726. The van der Waals surface area contributed by atoms with Gasteiger partial charge in [-0.05, 0) is 28.1 Å². The third-order valence-electron chi connectivity index (χ3n) is 2.24. The van der Waals surface area contributed by atoms with Crippen molar-refractivity contribution < 1.29 is 0 Å². The van der Waals surface area contributed by atoms with Crippen molar-refractivity contribution in [3.05, 3.63) is 34.6 Å². The molecule has 0 saturated heterocycles. The van der Waals surface area contributed by atoms with Crippen LogP contribution in [0.25, 0.3) is 11.0 Å². The highest BCUT2D eigenvalue weighted by molar-refractivity contribution is 9.10. The Bertz CT molecular complexity index is 500. The summed E-state index contributed by atoms with van der Waals surface area (Å²) in [4.78, 5) is 9.13. The lowest BCUT2D eigenvalue weighted by Gasteiger charge is -2.19. The van der Waals surface area contributed by atoms with Gasteiger partial charge in [-0.1, -0.05) is 32.9 Å². The van der Waals surface area contributed by atoms with Gasteiger partial charge >= 0.3 is 0 Å². The van der Waals surface area contributed by atoms with E-state index in [2.05, 4.69) is 46.7 Å². The summed E-state index contributed by atoms with van der Waals surface area (Å²) in [5.41, 5.74) is 2.89. The van der Waals surface area contributed by atoms with Gasteiger partial charge in [-0.3, -0.25) is 0 Å². The molecule has 0 aliphatic heterocycles. The molecule has 1 aromatic heterocycles. The summed E-state index contributed by atoms with van der Waals surface area (Å²) < 4.78 is 0.841. The first-order chi connectivity index (χ1) is 6.98. The van der Waals surface area contributed by atoms with Gasteiger partial charge in [0, 0.05) is 5.41 Å². The Labute approximate surface area is 97.9 Å². The van der Waals surface area contributed by atoms with Crippen LogP contribution in [0.15, 0.2) is 28.9 Å². The van der Waals surface area contributed by atoms with E-state index < -0.39 is 0 Å². The van der Waals surface area contributed by atoms with Gasteiger partial charge in [0.05, 0.1) is 16.7 Å². The Balaban J connectivity index is 2.73. The number of halogens is 1. The molecular weight excluding hydrogens is 252 g/mol. The first kappa shape index (κ1) is 10.6. The molecule has 0 aliphatic rings. The van der Waals surface area contributed by atoms with E-state index >= 15 is 0 Å². The summed E-state index contributed by atoms with van der Waals surface area (Å²) in [7, 11) is 0. The van der Waals surface area contributed by atoms with Gasteiger partial charge in [0.2, 0.25) is 0 Å². The van der Waals surface area contributed by atoms with Crippen molar-refractivity contribution in [1.29, 1.82) is 0 Å². The average Bonchev–Trinajstić information content (AvgIpc) is 2.15. The Morgan fingerprint density at radius 1 is 1.00 bits per heavy atom. The summed E-state index contributed by atoms with van der Waals surface area (Å²) in [5, 5.41) is 0. The molecule has 0 aliphatic carbocycles. The van der Waals surface area contributed by atoms with Crippen molar-refractivity contribution in [3.8, 4) is 0 Å². The van der Waals surface area contributed by atoms with Crippen LogP contribution in [0, 0.1) is 0 Å². The molecular formula is C12H13BrN2. The minimum absolute atomic E-state index is 0.00979. The van der Waals surface area contributed by atoms with Gasteiger partial charge in [0.25, 0.3) is 0 Å². The monoisotopic (exact) mass is 264 g/mol. The zero-order chi connectivity index (χ0) is 11.1. The predicted octanol–water partition coefficient (Wildman–Crippen LogP) is 3.69. The second-order valence-electron chi connectivity index (χ2n) is 4.60. The first-order valence-corrected chi connectivity index (χ1v) is 5.70. The number of hydrogen-bond donors (Lipinski definition) is 0. The zero-order valence-electron chi connectivity index (χ0n) is 9.08. The summed E-state index contributed by atoms with van der Waals surface area (Å²) in [6, 6.07) is 7.92. The van der Waals surface area contributed by atoms with Crippen LogP contribution >= 0.6 is 15.9 Å². The third-order valence-corrected chi connectivity index (χ3v) is 2.79. The summed E-state index contributed by atoms with van der Waals surface area (Å²) >= 11 is 3.48. The molecule has 1 aromatic carbocycles. The molecule has 15 heavy (non-hydrogen) atoms. The molecule has 1 heterocycles. The molecule has 0 bridgehead atoms. The fourth-order valence-corrected chi connectivity index (χ4v) is 2.33. The Kier molecular flexibility index (Phi) is 2.51. The number of fused-ring (bicyclic) bond motifs is 1. The molecule has 0 radical (unpaired) electrons. The minimum atomic E-state index is 0.00979. The maximum Gasteiger partial charge on any atom is 0.128 e. The van der Waals surface area contributed by atoms with Crippen molar-refractivity contribution in [2.75, 3.05) is 0 Å². The second-order valence-corrected chi connectivity index (χ2v) is 5.35. The summed E-state index contributed by atoms with van der Waals surface area (Å²) in [6.07, 6.45) is 0. The molecule has 0 N–H and O–H groups in total. The van der Waals surface area contributed by atoms with E-state index in [1.807, 2.05) is 24.3 Å². The molecule has 0 fully saturated rings. The predicted molar refractivity (Wildman–Crippen MR) is 65.9 cm³/mol. The van der Waals surface area contributed by atoms with Crippen LogP contribution < -0.4 is 0 Å². The SMILES string of the molecule is CC(C)(C)c1nc2ccccc2nc1Br. The third kappa shape index (κ3) is 2.02. The fraction of sp³-hybridized carbons (Fsp3) is 0.333. The van der Waals surface area contributed by atoms with E-state index in [9.17, 15) is 0 Å². The van der Waals surface area contributed by atoms with Gasteiger partial charge in [0.1, 0.15) is 4.60 Å². The molecule has 0 spiro atoms. The Morgan fingerprint density at radius 3 is 2.07 bits per heavy atom. The molecule has 0 atom stereocenters. The van der Waals surface area contributed by atoms with Crippen LogP contribution in [-0.2, 0) is 5.41 Å². The molecule has 0 unspecified atom stereocenters. The number of nitrogens with zero attached hydrogens (tertiary/aromatic N) is 2.